The zero-order valence-corrected chi connectivity index (χ0v) is 12.1. The molecule has 0 fully saturated rings. The van der Waals surface area contributed by atoms with Crippen LogP contribution in [0.4, 0.5) is 0 Å². The summed E-state index contributed by atoms with van der Waals surface area (Å²) < 4.78 is 0. The first-order chi connectivity index (χ1) is 8.85. The van der Waals surface area contributed by atoms with Crippen molar-refractivity contribution in [1.82, 2.24) is 0 Å². The Kier molecular flexibility index (Phi) is 3.84. The Hall–Kier alpha value is -1.12. The van der Waals surface area contributed by atoms with Crippen LogP contribution in [0, 0.1) is 0 Å². The van der Waals surface area contributed by atoms with Crippen molar-refractivity contribution in [2.45, 2.75) is 51.0 Å². The highest BCUT2D eigenvalue weighted by atomic mass is 16.3. The molecule has 1 atom stereocenters. The second kappa shape index (κ2) is 5.10. The molecule has 1 unspecified atom stereocenters. The molecule has 1 aromatic carbocycles. The van der Waals surface area contributed by atoms with Crippen LogP contribution in [-0.4, -0.2) is 16.8 Å². The van der Waals surface area contributed by atoms with Gasteiger partial charge in [-0.15, -0.1) is 0 Å². The second-order valence-electron chi connectivity index (χ2n) is 6.58. The summed E-state index contributed by atoms with van der Waals surface area (Å²) in [4.78, 5) is 0. The van der Waals surface area contributed by atoms with E-state index in [0.29, 0.717) is 12.8 Å². The van der Waals surface area contributed by atoms with Gasteiger partial charge in [-0.2, -0.15) is 0 Å². The topological polar surface area (TPSA) is 40.5 Å². The van der Waals surface area contributed by atoms with Gasteiger partial charge in [0.25, 0.3) is 0 Å². The van der Waals surface area contributed by atoms with Crippen LogP contribution in [0.1, 0.15) is 51.2 Å². The van der Waals surface area contributed by atoms with Gasteiger partial charge in [0, 0.05) is 0 Å². The Bertz CT molecular complexity index is 465. The Morgan fingerprint density at radius 1 is 1.16 bits per heavy atom. The van der Waals surface area contributed by atoms with Gasteiger partial charge in [-0.25, -0.2) is 0 Å². The van der Waals surface area contributed by atoms with Crippen molar-refractivity contribution in [3.05, 3.63) is 47.0 Å². The van der Waals surface area contributed by atoms with Crippen molar-refractivity contribution in [2.75, 3.05) is 6.61 Å². The summed E-state index contributed by atoms with van der Waals surface area (Å²) in [5, 5.41) is 19.8. The van der Waals surface area contributed by atoms with E-state index in [1.807, 2.05) is 18.2 Å². The van der Waals surface area contributed by atoms with Gasteiger partial charge in [-0.05, 0) is 41.4 Å². The van der Waals surface area contributed by atoms with Gasteiger partial charge in [0.15, 0.2) is 0 Å². The molecular weight excluding hydrogens is 236 g/mol. The van der Waals surface area contributed by atoms with Gasteiger partial charge < -0.3 is 10.2 Å². The molecule has 1 aliphatic rings. The normalized spacial score (nSPS) is 24.2. The average molecular weight is 260 g/mol. The maximum Gasteiger partial charge on any atom is 0.0934 e. The summed E-state index contributed by atoms with van der Waals surface area (Å²) >= 11 is 0. The van der Waals surface area contributed by atoms with Crippen molar-refractivity contribution in [2.24, 2.45) is 0 Å². The van der Waals surface area contributed by atoms with E-state index in [0.717, 1.165) is 17.6 Å². The van der Waals surface area contributed by atoms with Gasteiger partial charge in [0.1, 0.15) is 0 Å². The molecule has 0 amide bonds. The van der Waals surface area contributed by atoms with Crippen LogP contribution in [0.15, 0.2) is 35.9 Å². The van der Waals surface area contributed by atoms with Crippen LogP contribution < -0.4 is 0 Å². The van der Waals surface area contributed by atoms with Gasteiger partial charge in [0.2, 0.25) is 0 Å². The first kappa shape index (κ1) is 14.3. The van der Waals surface area contributed by atoms with E-state index in [1.165, 1.54) is 5.56 Å². The SMILES string of the molecule is CC(C)(C)c1ccc(C2(O)CC=C(CO)CC2)cc1. The predicted octanol–water partition coefficient (Wildman–Crippen LogP) is 3.27. The van der Waals surface area contributed by atoms with Crippen LogP contribution in [0.25, 0.3) is 0 Å². The quantitative estimate of drug-likeness (QED) is 0.801. The highest BCUT2D eigenvalue weighted by Crippen LogP contribution is 2.36. The molecule has 1 aliphatic carbocycles. The fourth-order valence-corrected chi connectivity index (χ4v) is 2.57. The van der Waals surface area contributed by atoms with Crippen LogP contribution in [0.2, 0.25) is 0 Å². The molecule has 0 aliphatic heterocycles. The summed E-state index contributed by atoms with van der Waals surface area (Å²) in [5.74, 6) is 0. The number of hydrogen-bond acceptors (Lipinski definition) is 2. The molecule has 0 spiro atoms. The zero-order chi connectivity index (χ0) is 14.1. The van der Waals surface area contributed by atoms with Gasteiger partial charge in [-0.3, -0.25) is 0 Å². The van der Waals surface area contributed by atoms with Gasteiger partial charge >= 0.3 is 0 Å². The Morgan fingerprint density at radius 3 is 2.21 bits per heavy atom. The molecule has 2 rings (SSSR count). The summed E-state index contributed by atoms with van der Waals surface area (Å²) in [6.07, 6.45) is 4.03. The summed E-state index contributed by atoms with van der Waals surface area (Å²) in [6.45, 7) is 6.67. The molecule has 0 saturated heterocycles. The van der Waals surface area contributed by atoms with Crippen LogP contribution in [0.5, 0.6) is 0 Å². The molecular formula is C17H24O2. The molecule has 104 valence electrons. The van der Waals surface area contributed by atoms with E-state index >= 15 is 0 Å². The van der Waals surface area contributed by atoms with Crippen molar-refractivity contribution < 1.29 is 10.2 Å². The Morgan fingerprint density at radius 2 is 1.79 bits per heavy atom. The maximum absolute atomic E-state index is 10.7. The number of rotatable bonds is 2. The fraction of sp³-hybridized carbons (Fsp3) is 0.529. The third-order valence-electron chi connectivity index (χ3n) is 4.08. The van der Waals surface area contributed by atoms with E-state index in [2.05, 4.69) is 32.9 Å². The van der Waals surface area contributed by atoms with E-state index in [1.54, 1.807) is 0 Å². The van der Waals surface area contributed by atoms with Crippen LogP contribution in [0.3, 0.4) is 0 Å². The van der Waals surface area contributed by atoms with Crippen molar-refractivity contribution in [3.8, 4) is 0 Å². The second-order valence-corrected chi connectivity index (χ2v) is 6.58. The lowest BCUT2D eigenvalue weighted by Crippen LogP contribution is -2.28. The lowest BCUT2D eigenvalue weighted by molar-refractivity contribution is 0.0247. The number of aliphatic hydroxyl groups is 2. The Labute approximate surface area is 115 Å². The standard InChI is InChI=1S/C17H24O2/c1-16(2,3)14-4-6-15(7-5-14)17(19)10-8-13(12-18)9-11-17/h4-8,18-19H,9-12H2,1-3H3. The number of hydrogen-bond donors (Lipinski definition) is 2. The van der Waals surface area contributed by atoms with Crippen LogP contribution in [-0.2, 0) is 11.0 Å². The largest absolute Gasteiger partial charge is 0.392 e. The van der Waals surface area contributed by atoms with Crippen LogP contribution >= 0.6 is 0 Å². The van der Waals surface area contributed by atoms with Gasteiger partial charge in [0.05, 0.1) is 12.2 Å². The summed E-state index contributed by atoms with van der Waals surface area (Å²) in [5.41, 5.74) is 2.67. The molecule has 19 heavy (non-hydrogen) atoms. The van der Waals surface area contributed by atoms with Crippen molar-refractivity contribution in [3.63, 3.8) is 0 Å². The monoisotopic (exact) mass is 260 g/mol. The minimum absolute atomic E-state index is 0.110. The third-order valence-corrected chi connectivity index (χ3v) is 4.08. The highest BCUT2D eigenvalue weighted by Gasteiger charge is 2.31. The van der Waals surface area contributed by atoms with E-state index in [-0.39, 0.29) is 12.0 Å². The molecule has 0 heterocycles. The molecule has 2 heteroatoms. The average Bonchev–Trinajstić information content (AvgIpc) is 2.39. The molecule has 2 nitrogen and oxygen atoms in total. The molecule has 0 aromatic heterocycles. The third kappa shape index (κ3) is 3.07. The minimum Gasteiger partial charge on any atom is -0.392 e. The number of benzene rings is 1. The number of aliphatic hydroxyl groups excluding tert-OH is 1. The molecule has 0 radical (unpaired) electrons. The first-order valence-corrected chi connectivity index (χ1v) is 6.97. The predicted molar refractivity (Wildman–Crippen MR) is 78.1 cm³/mol. The maximum atomic E-state index is 10.7. The van der Waals surface area contributed by atoms with E-state index < -0.39 is 5.60 Å². The molecule has 1 aromatic rings. The smallest absolute Gasteiger partial charge is 0.0934 e. The summed E-state index contributed by atoms with van der Waals surface area (Å²) in [7, 11) is 0. The van der Waals surface area contributed by atoms with Crippen molar-refractivity contribution >= 4 is 0 Å². The van der Waals surface area contributed by atoms with E-state index in [9.17, 15) is 5.11 Å². The minimum atomic E-state index is -0.769. The lowest BCUT2D eigenvalue weighted by atomic mass is 9.79. The zero-order valence-electron chi connectivity index (χ0n) is 12.1. The first-order valence-electron chi connectivity index (χ1n) is 6.97. The van der Waals surface area contributed by atoms with Gasteiger partial charge in [-0.1, -0.05) is 51.1 Å². The Balaban J connectivity index is 2.21. The van der Waals surface area contributed by atoms with Crippen molar-refractivity contribution in [1.29, 1.82) is 0 Å². The fourth-order valence-electron chi connectivity index (χ4n) is 2.57. The highest BCUT2D eigenvalue weighted by molar-refractivity contribution is 5.32. The summed E-state index contributed by atoms with van der Waals surface area (Å²) in [6, 6.07) is 8.30. The lowest BCUT2D eigenvalue weighted by Gasteiger charge is -2.32. The molecule has 0 saturated carbocycles. The molecule has 2 N–H and O–H groups in total. The van der Waals surface area contributed by atoms with E-state index in [4.69, 9.17) is 5.11 Å². The molecule has 0 bridgehead atoms.